The van der Waals surface area contributed by atoms with E-state index in [1.165, 1.54) is 6.26 Å². The maximum atomic E-state index is 11.4. The van der Waals surface area contributed by atoms with Crippen molar-refractivity contribution in [2.24, 2.45) is 5.92 Å². The van der Waals surface area contributed by atoms with Gasteiger partial charge in [0.25, 0.3) is 6.01 Å². The van der Waals surface area contributed by atoms with E-state index in [0.29, 0.717) is 12.6 Å². The number of anilines is 1. The van der Waals surface area contributed by atoms with Gasteiger partial charge in [-0.3, -0.25) is 0 Å². The van der Waals surface area contributed by atoms with Crippen LogP contribution in [0.5, 0.6) is 0 Å². The summed E-state index contributed by atoms with van der Waals surface area (Å²) in [7, 11) is 0. The number of ether oxygens (including phenoxy) is 1. The Bertz CT molecular complexity index is 405. The highest BCUT2D eigenvalue weighted by Gasteiger charge is 2.27. The number of aromatic nitrogens is 1. The van der Waals surface area contributed by atoms with Gasteiger partial charge in [0.1, 0.15) is 6.26 Å². The van der Waals surface area contributed by atoms with Crippen molar-refractivity contribution < 1.29 is 19.1 Å². The predicted octanol–water partition coefficient (Wildman–Crippen LogP) is 1.42. The number of nitrogens with zero attached hydrogens (tertiary/aromatic N) is 1. The molecule has 1 aliphatic rings. The van der Waals surface area contributed by atoms with Crippen LogP contribution in [-0.2, 0) is 4.74 Å². The highest BCUT2D eigenvalue weighted by atomic mass is 16.5. The molecule has 2 rings (SSSR count). The normalized spacial score (nSPS) is 23.0. The van der Waals surface area contributed by atoms with Crippen molar-refractivity contribution in [3.05, 3.63) is 12.0 Å². The molecule has 0 spiro atoms. The fraction of sp³-hybridized carbons (Fsp3) is 0.667. The first-order valence-corrected chi connectivity index (χ1v) is 6.24. The third kappa shape index (κ3) is 2.81. The highest BCUT2D eigenvalue weighted by molar-refractivity contribution is 5.87. The molecule has 1 aliphatic carbocycles. The fourth-order valence-corrected chi connectivity index (χ4v) is 2.24. The number of carbonyl (C=O) groups is 1. The molecule has 1 saturated carbocycles. The van der Waals surface area contributed by atoms with Crippen LogP contribution in [0, 0.1) is 5.92 Å². The Morgan fingerprint density at radius 2 is 2.50 bits per heavy atom. The molecule has 6 nitrogen and oxygen atoms in total. The minimum Gasteiger partial charge on any atom is -0.461 e. The largest absolute Gasteiger partial charge is 0.461 e. The fourth-order valence-electron chi connectivity index (χ4n) is 2.24. The van der Waals surface area contributed by atoms with E-state index in [2.05, 4.69) is 10.3 Å². The summed E-state index contributed by atoms with van der Waals surface area (Å²) < 4.78 is 10.0. The number of esters is 1. The summed E-state index contributed by atoms with van der Waals surface area (Å²) in [5, 5.41) is 12.3. The Morgan fingerprint density at radius 3 is 3.22 bits per heavy atom. The Morgan fingerprint density at radius 1 is 1.67 bits per heavy atom. The maximum absolute atomic E-state index is 11.4. The standard InChI is InChI=1S/C12H18N2O4/c1-2-17-11(16)10-7-18-12(14-10)13-9-5-3-4-8(9)6-15/h7-9,15H,2-6H2,1H3,(H,13,14). The Hall–Kier alpha value is -1.56. The zero-order chi connectivity index (χ0) is 13.0. The van der Waals surface area contributed by atoms with E-state index in [4.69, 9.17) is 9.15 Å². The molecule has 6 heteroatoms. The second kappa shape index (κ2) is 5.86. The van der Waals surface area contributed by atoms with Crippen LogP contribution in [0.2, 0.25) is 0 Å². The van der Waals surface area contributed by atoms with Crippen molar-refractivity contribution in [3.63, 3.8) is 0 Å². The van der Waals surface area contributed by atoms with Gasteiger partial charge in [0.05, 0.1) is 6.61 Å². The molecule has 0 saturated heterocycles. The van der Waals surface area contributed by atoms with Gasteiger partial charge >= 0.3 is 5.97 Å². The number of carbonyl (C=O) groups excluding carboxylic acids is 1. The lowest BCUT2D eigenvalue weighted by atomic mass is 10.1. The van der Waals surface area contributed by atoms with Crippen LogP contribution in [0.15, 0.2) is 10.7 Å². The molecule has 18 heavy (non-hydrogen) atoms. The van der Waals surface area contributed by atoms with Crippen LogP contribution in [0.4, 0.5) is 6.01 Å². The van der Waals surface area contributed by atoms with Crippen LogP contribution in [0.3, 0.4) is 0 Å². The molecule has 0 aromatic carbocycles. The lowest BCUT2D eigenvalue weighted by Crippen LogP contribution is -2.26. The van der Waals surface area contributed by atoms with E-state index < -0.39 is 5.97 Å². The molecule has 0 aliphatic heterocycles. The Kier molecular flexibility index (Phi) is 4.19. The van der Waals surface area contributed by atoms with E-state index in [9.17, 15) is 9.90 Å². The first kappa shape index (κ1) is 12.9. The van der Waals surface area contributed by atoms with E-state index >= 15 is 0 Å². The quantitative estimate of drug-likeness (QED) is 0.773. The summed E-state index contributed by atoms with van der Waals surface area (Å²) in [6.07, 6.45) is 4.33. The van der Waals surface area contributed by atoms with Crippen LogP contribution in [0.1, 0.15) is 36.7 Å². The van der Waals surface area contributed by atoms with Gasteiger partial charge in [-0.05, 0) is 19.8 Å². The summed E-state index contributed by atoms with van der Waals surface area (Å²) in [5.41, 5.74) is 0.165. The van der Waals surface area contributed by atoms with Crippen molar-refractivity contribution in [3.8, 4) is 0 Å². The summed E-state index contributed by atoms with van der Waals surface area (Å²) in [6.45, 7) is 2.20. The second-order valence-electron chi connectivity index (χ2n) is 4.38. The number of rotatable bonds is 5. The maximum Gasteiger partial charge on any atom is 0.360 e. The molecule has 0 radical (unpaired) electrons. The number of oxazole rings is 1. The smallest absolute Gasteiger partial charge is 0.360 e. The molecule has 1 heterocycles. The SMILES string of the molecule is CCOC(=O)c1coc(NC2CCCC2CO)n1. The van der Waals surface area contributed by atoms with Crippen molar-refractivity contribution in [1.82, 2.24) is 4.98 Å². The van der Waals surface area contributed by atoms with Gasteiger partial charge < -0.3 is 19.6 Å². The molecule has 0 bridgehead atoms. The number of aliphatic hydroxyl groups excluding tert-OH is 1. The zero-order valence-electron chi connectivity index (χ0n) is 10.4. The van der Waals surface area contributed by atoms with E-state index in [-0.39, 0.29) is 24.3 Å². The summed E-state index contributed by atoms with van der Waals surface area (Å²) >= 11 is 0. The second-order valence-corrected chi connectivity index (χ2v) is 4.38. The molecule has 100 valence electrons. The van der Waals surface area contributed by atoms with Gasteiger partial charge in [0.2, 0.25) is 0 Å². The molecule has 1 fully saturated rings. The van der Waals surface area contributed by atoms with Crippen LogP contribution < -0.4 is 5.32 Å². The van der Waals surface area contributed by atoms with Crippen molar-refractivity contribution in [2.45, 2.75) is 32.2 Å². The molecule has 1 aromatic heterocycles. The number of nitrogens with one attached hydrogen (secondary N) is 1. The lowest BCUT2D eigenvalue weighted by Gasteiger charge is -2.17. The summed E-state index contributed by atoms with van der Waals surface area (Å²) in [6, 6.07) is 0.465. The number of hydrogen-bond donors (Lipinski definition) is 2. The van der Waals surface area contributed by atoms with Gasteiger partial charge in [-0.2, -0.15) is 4.98 Å². The predicted molar refractivity (Wildman–Crippen MR) is 64.3 cm³/mol. The Labute approximate surface area is 105 Å². The van der Waals surface area contributed by atoms with Crippen molar-refractivity contribution in [1.29, 1.82) is 0 Å². The highest BCUT2D eigenvalue weighted by Crippen LogP contribution is 2.27. The van der Waals surface area contributed by atoms with Gasteiger partial charge in [0, 0.05) is 18.6 Å². The monoisotopic (exact) mass is 254 g/mol. The van der Waals surface area contributed by atoms with Crippen LogP contribution >= 0.6 is 0 Å². The minimum absolute atomic E-state index is 0.156. The Balaban J connectivity index is 1.96. The third-order valence-electron chi connectivity index (χ3n) is 3.19. The number of hydrogen-bond acceptors (Lipinski definition) is 6. The minimum atomic E-state index is -0.487. The van der Waals surface area contributed by atoms with Crippen molar-refractivity contribution in [2.75, 3.05) is 18.5 Å². The van der Waals surface area contributed by atoms with Crippen LogP contribution in [0.25, 0.3) is 0 Å². The molecule has 0 amide bonds. The first-order valence-electron chi connectivity index (χ1n) is 6.24. The van der Waals surface area contributed by atoms with Gasteiger partial charge in [-0.25, -0.2) is 4.79 Å². The van der Waals surface area contributed by atoms with Gasteiger partial charge in [-0.1, -0.05) is 6.42 Å². The first-order chi connectivity index (χ1) is 8.74. The molecule has 2 unspecified atom stereocenters. The molecule has 2 atom stereocenters. The van der Waals surface area contributed by atoms with Gasteiger partial charge in [-0.15, -0.1) is 0 Å². The average molecular weight is 254 g/mol. The molecular weight excluding hydrogens is 236 g/mol. The number of aliphatic hydroxyl groups is 1. The average Bonchev–Trinajstić information content (AvgIpc) is 2.99. The van der Waals surface area contributed by atoms with Crippen LogP contribution in [-0.4, -0.2) is 35.3 Å². The van der Waals surface area contributed by atoms with E-state index in [0.717, 1.165) is 19.3 Å². The third-order valence-corrected chi connectivity index (χ3v) is 3.19. The van der Waals surface area contributed by atoms with E-state index in [1.807, 2.05) is 0 Å². The lowest BCUT2D eigenvalue weighted by molar-refractivity contribution is 0.0519. The summed E-state index contributed by atoms with van der Waals surface area (Å²) in [5.74, 6) is -0.262. The van der Waals surface area contributed by atoms with Crippen molar-refractivity contribution >= 4 is 12.0 Å². The zero-order valence-corrected chi connectivity index (χ0v) is 10.4. The molecule has 2 N–H and O–H groups in total. The van der Waals surface area contributed by atoms with E-state index in [1.54, 1.807) is 6.92 Å². The molecular formula is C12H18N2O4. The summed E-state index contributed by atoms with van der Waals surface area (Å²) in [4.78, 5) is 15.4. The van der Waals surface area contributed by atoms with Gasteiger partial charge in [0.15, 0.2) is 5.69 Å². The molecule has 1 aromatic rings. The topological polar surface area (TPSA) is 84.6 Å².